The molecule has 0 saturated carbocycles. The second-order valence-corrected chi connectivity index (χ2v) is 7.51. The van der Waals surface area contributed by atoms with E-state index in [4.69, 9.17) is 4.98 Å². The lowest BCUT2D eigenvalue weighted by molar-refractivity contribution is 0.572. The van der Waals surface area contributed by atoms with Gasteiger partial charge in [0.2, 0.25) is 5.13 Å². The maximum absolute atomic E-state index is 4.82. The van der Waals surface area contributed by atoms with Gasteiger partial charge in [0.05, 0.1) is 15.6 Å². The normalized spacial score (nSPS) is 11.8. The number of aromatic nitrogens is 3. The molecule has 4 nitrogen and oxygen atoms in total. The third-order valence-corrected chi connectivity index (χ3v) is 4.89. The standard InChI is InChI=1S/C13H20N4S2/c1-6-7-8-15-10(13(2,3)4)9(18-8)11-16-17-12(14-5)19-11/h6-7H2,1-5H3,(H,14,17). The van der Waals surface area contributed by atoms with Crippen LogP contribution in [0.25, 0.3) is 9.88 Å². The molecule has 0 aliphatic carbocycles. The van der Waals surface area contributed by atoms with Gasteiger partial charge < -0.3 is 5.32 Å². The minimum absolute atomic E-state index is 0.0311. The van der Waals surface area contributed by atoms with Crippen LogP contribution in [0.3, 0.4) is 0 Å². The van der Waals surface area contributed by atoms with E-state index in [0.29, 0.717) is 0 Å². The Labute approximate surface area is 122 Å². The van der Waals surface area contributed by atoms with Crippen molar-refractivity contribution < 1.29 is 0 Å². The first-order valence-electron chi connectivity index (χ1n) is 6.47. The smallest absolute Gasteiger partial charge is 0.205 e. The maximum Gasteiger partial charge on any atom is 0.205 e. The van der Waals surface area contributed by atoms with Crippen LogP contribution in [0.15, 0.2) is 0 Å². The molecule has 19 heavy (non-hydrogen) atoms. The summed E-state index contributed by atoms with van der Waals surface area (Å²) < 4.78 is 0. The number of anilines is 1. The topological polar surface area (TPSA) is 50.7 Å². The fraction of sp³-hybridized carbons (Fsp3) is 0.615. The Morgan fingerprint density at radius 3 is 2.42 bits per heavy atom. The summed E-state index contributed by atoms with van der Waals surface area (Å²) in [6.07, 6.45) is 2.15. The molecule has 0 saturated heterocycles. The van der Waals surface area contributed by atoms with Crippen LogP contribution < -0.4 is 5.32 Å². The zero-order chi connectivity index (χ0) is 14.0. The first-order chi connectivity index (χ1) is 8.95. The van der Waals surface area contributed by atoms with Gasteiger partial charge in [-0.3, -0.25) is 0 Å². The Kier molecular flexibility index (Phi) is 4.20. The van der Waals surface area contributed by atoms with Crippen LogP contribution in [0, 0.1) is 0 Å². The zero-order valence-electron chi connectivity index (χ0n) is 12.1. The lowest BCUT2D eigenvalue weighted by Gasteiger charge is -2.16. The summed E-state index contributed by atoms with van der Waals surface area (Å²) in [5.41, 5.74) is 1.17. The number of hydrogen-bond donors (Lipinski definition) is 1. The summed E-state index contributed by atoms with van der Waals surface area (Å²) in [4.78, 5) is 6.00. The van der Waals surface area contributed by atoms with Crippen molar-refractivity contribution in [2.75, 3.05) is 12.4 Å². The van der Waals surface area contributed by atoms with E-state index in [-0.39, 0.29) is 5.41 Å². The fourth-order valence-electron chi connectivity index (χ4n) is 1.75. The zero-order valence-corrected chi connectivity index (χ0v) is 13.7. The molecule has 0 atom stereocenters. The minimum atomic E-state index is 0.0311. The molecule has 0 aromatic carbocycles. The third kappa shape index (κ3) is 3.12. The van der Waals surface area contributed by atoms with Gasteiger partial charge in [-0.05, 0) is 12.8 Å². The summed E-state index contributed by atoms with van der Waals surface area (Å²) in [5.74, 6) is 0. The highest BCUT2D eigenvalue weighted by molar-refractivity contribution is 7.23. The van der Waals surface area contributed by atoms with Crippen LogP contribution in [0.4, 0.5) is 5.13 Å². The summed E-state index contributed by atoms with van der Waals surface area (Å²) in [6.45, 7) is 8.77. The average Bonchev–Trinajstić information content (AvgIpc) is 2.93. The van der Waals surface area contributed by atoms with Crippen molar-refractivity contribution in [1.29, 1.82) is 0 Å². The SMILES string of the molecule is CCCc1nc(C(C)(C)C)c(-c2nnc(NC)s2)s1. The number of rotatable bonds is 4. The van der Waals surface area contributed by atoms with Crippen LogP contribution in [0.5, 0.6) is 0 Å². The highest BCUT2D eigenvalue weighted by Crippen LogP contribution is 2.39. The van der Waals surface area contributed by atoms with Crippen LogP contribution >= 0.6 is 22.7 Å². The first kappa shape index (κ1) is 14.4. The molecule has 0 fully saturated rings. The first-order valence-corrected chi connectivity index (χ1v) is 8.10. The van der Waals surface area contributed by atoms with Crippen LogP contribution in [-0.4, -0.2) is 22.2 Å². The van der Waals surface area contributed by atoms with Gasteiger partial charge in [-0.1, -0.05) is 39.0 Å². The van der Waals surface area contributed by atoms with E-state index in [2.05, 4.69) is 43.2 Å². The Morgan fingerprint density at radius 1 is 1.16 bits per heavy atom. The molecule has 0 unspecified atom stereocenters. The van der Waals surface area contributed by atoms with Gasteiger partial charge in [0.25, 0.3) is 0 Å². The maximum atomic E-state index is 4.82. The quantitative estimate of drug-likeness (QED) is 0.928. The van der Waals surface area contributed by atoms with Gasteiger partial charge in [0.1, 0.15) is 0 Å². The highest BCUT2D eigenvalue weighted by atomic mass is 32.1. The molecule has 0 radical (unpaired) electrons. The number of thiazole rings is 1. The van der Waals surface area contributed by atoms with E-state index < -0.39 is 0 Å². The molecule has 0 bridgehead atoms. The van der Waals surface area contributed by atoms with E-state index in [9.17, 15) is 0 Å². The van der Waals surface area contributed by atoms with Gasteiger partial charge >= 0.3 is 0 Å². The van der Waals surface area contributed by atoms with Crippen molar-refractivity contribution in [2.45, 2.75) is 46.0 Å². The second-order valence-electron chi connectivity index (χ2n) is 5.45. The Morgan fingerprint density at radius 2 is 1.89 bits per heavy atom. The summed E-state index contributed by atoms with van der Waals surface area (Å²) in [7, 11) is 1.87. The van der Waals surface area contributed by atoms with Crippen molar-refractivity contribution in [3.63, 3.8) is 0 Å². The molecule has 2 aromatic rings. The minimum Gasteiger partial charge on any atom is -0.363 e. The molecule has 6 heteroatoms. The number of nitrogens with zero attached hydrogens (tertiary/aromatic N) is 3. The van der Waals surface area contributed by atoms with E-state index in [1.165, 1.54) is 9.88 Å². The summed E-state index contributed by atoms with van der Waals surface area (Å²) >= 11 is 3.34. The van der Waals surface area contributed by atoms with Crippen LogP contribution in [0.1, 0.15) is 44.8 Å². The molecule has 0 amide bonds. The molecule has 104 valence electrons. The predicted molar refractivity (Wildman–Crippen MR) is 83.3 cm³/mol. The molecule has 1 N–H and O–H groups in total. The molecule has 0 spiro atoms. The van der Waals surface area contributed by atoms with Gasteiger partial charge in [0, 0.05) is 12.5 Å². The highest BCUT2D eigenvalue weighted by Gasteiger charge is 2.25. The predicted octanol–water partition coefficient (Wildman–Crippen LogP) is 3.95. The van der Waals surface area contributed by atoms with E-state index in [0.717, 1.165) is 28.7 Å². The summed E-state index contributed by atoms with van der Waals surface area (Å²) in [5, 5.41) is 14.5. The van der Waals surface area contributed by atoms with E-state index >= 15 is 0 Å². The van der Waals surface area contributed by atoms with Crippen molar-refractivity contribution in [3.05, 3.63) is 10.7 Å². The lowest BCUT2D eigenvalue weighted by atomic mass is 9.91. The Bertz CT molecular complexity index is 551. The number of nitrogens with one attached hydrogen (secondary N) is 1. The van der Waals surface area contributed by atoms with Crippen molar-refractivity contribution in [3.8, 4) is 9.88 Å². The molecule has 0 aliphatic rings. The van der Waals surface area contributed by atoms with Gasteiger partial charge in [-0.2, -0.15) is 0 Å². The van der Waals surface area contributed by atoms with Gasteiger partial charge in [-0.25, -0.2) is 4.98 Å². The van der Waals surface area contributed by atoms with Gasteiger partial charge in [-0.15, -0.1) is 21.5 Å². The molecular formula is C13H20N4S2. The Balaban J connectivity index is 2.47. The molecular weight excluding hydrogens is 276 g/mol. The van der Waals surface area contributed by atoms with Gasteiger partial charge in [0.15, 0.2) is 5.01 Å². The average molecular weight is 296 g/mol. The molecule has 0 aliphatic heterocycles. The molecule has 2 heterocycles. The van der Waals surface area contributed by atoms with E-state index in [1.54, 1.807) is 22.7 Å². The van der Waals surface area contributed by atoms with Crippen LogP contribution in [-0.2, 0) is 11.8 Å². The fourth-order valence-corrected chi connectivity index (χ4v) is 3.90. The number of aryl methyl sites for hydroxylation is 1. The third-order valence-electron chi connectivity index (χ3n) is 2.68. The summed E-state index contributed by atoms with van der Waals surface area (Å²) in [6, 6.07) is 0. The lowest BCUT2D eigenvalue weighted by Crippen LogP contribution is -2.13. The van der Waals surface area contributed by atoms with Crippen molar-refractivity contribution in [2.24, 2.45) is 0 Å². The molecule has 2 rings (SSSR count). The van der Waals surface area contributed by atoms with Crippen molar-refractivity contribution in [1.82, 2.24) is 15.2 Å². The van der Waals surface area contributed by atoms with Crippen LogP contribution in [0.2, 0.25) is 0 Å². The number of hydrogen-bond acceptors (Lipinski definition) is 6. The largest absolute Gasteiger partial charge is 0.363 e. The van der Waals surface area contributed by atoms with Crippen molar-refractivity contribution >= 4 is 27.8 Å². The molecule has 2 aromatic heterocycles. The van der Waals surface area contributed by atoms with E-state index in [1.807, 2.05) is 7.05 Å². The monoisotopic (exact) mass is 296 g/mol. The Hall–Kier alpha value is -1.01. The second kappa shape index (κ2) is 5.54.